The van der Waals surface area contributed by atoms with Crippen LogP contribution in [0.1, 0.15) is 18.4 Å². The van der Waals surface area contributed by atoms with Crippen LogP contribution in [-0.4, -0.2) is 31.7 Å². The van der Waals surface area contributed by atoms with Crippen molar-refractivity contribution in [2.24, 2.45) is 0 Å². The van der Waals surface area contributed by atoms with E-state index in [2.05, 4.69) is 10.6 Å². The average Bonchev–Trinajstić information content (AvgIpc) is 2.42. The zero-order chi connectivity index (χ0) is 13.0. The number of amides is 1. The highest BCUT2D eigenvalue weighted by molar-refractivity contribution is 5.98. The van der Waals surface area contributed by atoms with Gasteiger partial charge in [0.25, 0.3) is 5.91 Å². The number of hydrogen-bond acceptors (Lipinski definition) is 3. The summed E-state index contributed by atoms with van der Waals surface area (Å²) >= 11 is 0. The molecule has 2 rings (SSSR count). The summed E-state index contributed by atoms with van der Waals surface area (Å²) < 4.78 is 5.50. The first-order valence-electron chi connectivity index (χ1n) is 6.31. The van der Waals surface area contributed by atoms with Gasteiger partial charge in [-0.25, -0.2) is 0 Å². The molecule has 1 heterocycles. The molecule has 0 aromatic heterocycles. The van der Waals surface area contributed by atoms with Crippen molar-refractivity contribution in [1.29, 1.82) is 0 Å². The molecule has 1 aliphatic heterocycles. The predicted molar refractivity (Wildman–Crippen MR) is 78.9 cm³/mol. The van der Waals surface area contributed by atoms with Crippen LogP contribution >= 0.6 is 12.4 Å². The van der Waals surface area contributed by atoms with E-state index in [0.29, 0.717) is 12.8 Å². The van der Waals surface area contributed by atoms with Crippen molar-refractivity contribution in [2.45, 2.75) is 25.4 Å². The number of para-hydroxylation sites is 1. The van der Waals surface area contributed by atoms with Gasteiger partial charge < -0.3 is 15.4 Å². The molecule has 0 radical (unpaired) electrons. The third-order valence-corrected chi connectivity index (χ3v) is 3.61. The topological polar surface area (TPSA) is 50.4 Å². The maximum absolute atomic E-state index is 12.4. The summed E-state index contributed by atoms with van der Waals surface area (Å²) in [7, 11) is 1.61. The number of piperidine rings is 1. The molecular formula is C14H21ClN2O2. The van der Waals surface area contributed by atoms with Crippen molar-refractivity contribution in [2.75, 3.05) is 25.5 Å². The van der Waals surface area contributed by atoms with Crippen LogP contribution in [0.15, 0.2) is 24.3 Å². The van der Waals surface area contributed by atoms with Crippen molar-refractivity contribution < 1.29 is 9.53 Å². The van der Waals surface area contributed by atoms with Crippen LogP contribution in [0.2, 0.25) is 0 Å². The molecule has 0 bridgehead atoms. The van der Waals surface area contributed by atoms with Crippen molar-refractivity contribution in [3.05, 3.63) is 29.8 Å². The minimum atomic E-state index is -0.687. The van der Waals surface area contributed by atoms with Gasteiger partial charge in [-0.1, -0.05) is 18.2 Å². The summed E-state index contributed by atoms with van der Waals surface area (Å²) in [5.41, 5.74) is 1.23. The number of ether oxygens (including phenoxy) is 1. The first-order chi connectivity index (χ1) is 8.68. The van der Waals surface area contributed by atoms with Gasteiger partial charge in [-0.15, -0.1) is 12.4 Å². The average molecular weight is 285 g/mol. The number of nitrogens with one attached hydrogen (secondary N) is 2. The number of hydrogen-bond donors (Lipinski definition) is 2. The first-order valence-corrected chi connectivity index (χ1v) is 6.31. The molecule has 19 heavy (non-hydrogen) atoms. The highest BCUT2D eigenvalue weighted by Gasteiger charge is 2.39. The number of carbonyl (C=O) groups is 1. The third-order valence-electron chi connectivity index (χ3n) is 3.61. The van der Waals surface area contributed by atoms with Crippen LogP contribution in [0.25, 0.3) is 0 Å². The van der Waals surface area contributed by atoms with Crippen LogP contribution in [0.3, 0.4) is 0 Å². The Hall–Kier alpha value is -1.10. The van der Waals surface area contributed by atoms with E-state index in [-0.39, 0.29) is 18.3 Å². The Morgan fingerprint density at radius 2 is 1.95 bits per heavy atom. The molecular weight excluding hydrogens is 264 g/mol. The van der Waals surface area contributed by atoms with Gasteiger partial charge in [0.2, 0.25) is 0 Å². The molecule has 0 atom stereocenters. The number of aryl methyl sites for hydroxylation is 1. The maximum atomic E-state index is 12.4. The van der Waals surface area contributed by atoms with E-state index in [0.717, 1.165) is 24.3 Å². The summed E-state index contributed by atoms with van der Waals surface area (Å²) in [4.78, 5) is 12.4. The molecule has 1 aromatic carbocycles. The highest BCUT2D eigenvalue weighted by Crippen LogP contribution is 2.25. The predicted octanol–water partition coefficient (Wildman–Crippen LogP) is 2.12. The van der Waals surface area contributed by atoms with E-state index in [9.17, 15) is 4.79 Å². The monoisotopic (exact) mass is 284 g/mol. The summed E-state index contributed by atoms with van der Waals surface area (Å²) in [6, 6.07) is 7.78. The number of carbonyl (C=O) groups excluding carboxylic acids is 1. The lowest BCUT2D eigenvalue weighted by Crippen LogP contribution is -2.51. The minimum absolute atomic E-state index is 0. The summed E-state index contributed by atoms with van der Waals surface area (Å²) in [6.07, 6.45) is 1.42. The van der Waals surface area contributed by atoms with Crippen LogP contribution in [0.5, 0.6) is 0 Å². The van der Waals surface area contributed by atoms with Crippen LogP contribution in [0, 0.1) is 6.92 Å². The lowest BCUT2D eigenvalue weighted by Gasteiger charge is -2.34. The van der Waals surface area contributed by atoms with Crippen molar-refractivity contribution in [3.63, 3.8) is 0 Å². The number of benzene rings is 1. The molecule has 4 nitrogen and oxygen atoms in total. The molecule has 1 fully saturated rings. The fraction of sp³-hybridized carbons (Fsp3) is 0.500. The zero-order valence-corrected chi connectivity index (χ0v) is 12.2. The van der Waals surface area contributed by atoms with Crippen LogP contribution in [0.4, 0.5) is 5.69 Å². The molecule has 2 N–H and O–H groups in total. The number of anilines is 1. The van der Waals surface area contributed by atoms with E-state index < -0.39 is 5.60 Å². The van der Waals surface area contributed by atoms with Gasteiger partial charge >= 0.3 is 0 Å². The van der Waals surface area contributed by atoms with E-state index in [1.54, 1.807) is 7.11 Å². The molecule has 0 aliphatic carbocycles. The van der Waals surface area contributed by atoms with E-state index in [1.165, 1.54) is 0 Å². The summed E-state index contributed by atoms with van der Waals surface area (Å²) in [6.45, 7) is 3.61. The first kappa shape index (κ1) is 16.0. The van der Waals surface area contributed by atoms with Crippen molar-refractivity contribution >= 4 is 24.0 Å². The van der Waals surface area contributed by atoms with Gasteiger partial charge in [0.05, 0.1) is 0 Å². The molecule has 1 amide bonds. The fourth-order valence-electron chi connectivity index (χ4n) is 2.30. The second-order valence-corrected chi connectivity index (χ2v) is 4.72. The maximum Gasteiger partial charge on any atom is 0.256 e. The Labute approximate surface area is 120 Å². The van der Waals surface area contributed by atoms with Crippen LogP contribution in [-0.2, 0) is 9.53 Å². The van der Waals surface area contributed by atoms with Gasteiger partial charge in [-0.2, -0.15) is 0 Å². The molecule has 1 aromatic rings. The quantitative estimate of drug-likeness (QED) is 0.894. The molecule has 5 heteroatoms. The van der Waals surface area contributed by atoms with E-state index in [4.69, 9.17) is 4.74 Å². The SMILES string of the molecule is COC1(C(=O)Nc2ccccc2C)CCNCC1.Cl. The Bertz CT molecular complexity index is 431. The standard InChI is InChI=1S/C14H20N2O2.ClH/c1-11-5-3-4-6-12(11)16-13(17)14(18-2)7-9-15-10-8-14;/h3-6,15H,7-10H2,1-2H3,(H,16,17);1H. The van der Waals surface area contributed by atoms with Gasteiger partial charge in [0, 0.05) is 12.8 Å². The van der Waals surface area contributed by atoms with Gasteiger partial charge in [0.1, 0.15) is 5.60 Å². The summed E-state index contributed by atoms with van der Waals surface area (Å²) in [5, 5.41) is 6.22. The Morgan fingerprint density at radius 3 is 2.53 bits per heavy atom. The second kappa shape index (κ2) is 6.89. The van der Waals surface area contributed by atoms with Crippen molar-refractivity contribution in [1.82, 2.24) is 5.32 Å². The Balaban J connectivity index is 0.00000180. The molecule has 1 aliphatic rings. The van der Waals surface area contributed by atoms with Gasteiger partial charge in [0.15, 0.2) is 0 Å². The van der Waals surface area contributed by atoms with Crippen molar-refractivity contribution in [3.8, 4) is 0 Å². The minimum Gasteiger partial charge on any atom is -0.368 e. The second-order valence-electron chi connectivity index (χ2n) is 4.72. The fourth-order valence-corrected chi connectivity index (χ4v) is 2.30. The van der Waals surface area contributed by atoms with E-state index in [1.807, 2.05) is 31.2 Å². The number of halogens is 1. The van der Waals surface area contributed by atoms with Gasteiger partial charge in [-0.3, -0.25) is 4.79 Å². The summed E-state index contributed by atoms with van der Waals surface area (Å²) in [5.74, 6) is -0.0409. The third kappa shape index (κ3) is 3.47. The lowest BCUT2D eigenvalue weighted by atomic mass is 9.91. The number of rotatable bonds is 3. The smallest absolute Gasteiger partial charge is 0.256 e. The molecule has 0 spiro atoms. The molecule has 0 saturated carbocycles. The lowest BCUT2D eigenvalue weighted by molar-refractivity contribution is -0.140. The van der Waals surface area contributed by atoms with Gasteiger partial charge in [-0.05, 0) is 44.5 Å². The highest BCUT2D eigenvalue weighted by atomic mass is 35.5. The van der Waals surface area contributed by atoms with Crippen LogP contribution < -0.4 is 10.6 Å². The Morgan fingerprint density at radius 1 is 1.32 bits per heavy atom. The molecule has 0 unspecified atom stereocenters. The largest absolute Gasteiger partial charge is 0.368 e. The molecule has 106 valence electrons. The normalized spacial score (nSPS) is 17.4. The Kier molecular flexibility index (Phi) is 5.79. The number of methoxy groups -OCH3 is 1. The van der Waals surface area contributed by atoms with E-state index >= 15 is 0 Å². The zero-order valence-electron chi connectivity index (χ0n) is 11.4. The molecule has 1 saturated heterocycles.